The van der Waals surface area contributed by atoms with Crippen molar-refractivity contribution in [3.05, 3.63) is 35.4 Å². The molecule has 1 unspecified atom stereocenters. The quantitative estimate of drug-likeness (QED) is 0.657. The molecule has 1 atom stereocenters. The summed E-state index contributed by atoms with van der Waals surface area (Å²) in [5, 5.41) is 9.99. The molecule has 2 rings (SSSR count). The molecule has 15 heavy (non-hydrogen) atoms. The third kappa shape index (κ3) is 1.35. The van der Waals surface area contributed by atoms with Gasteiger partial charge in [-0.15, -0.1) is 0 Å². The summed E-state index contributed by atoms with van der Waals surface area (Å²) in [7, 11) is 0. The van der Waals surface area contributed by atoms with Gasteiger partial charge < -0.3 is 9.84 Å². The molecule has 1 aromatic rings. The van der Waals surface area contributed by atoms with Crippen molar-refractivity contribution in [2.45, 2.75) is 32.0 Å². The number of fused-ring (bicyclic) bond motifs is 1. The Morgan fingerprint density at radius 2 is 1.67 bits per heavy atom. The summed E-state index contributed by atoms with van der Waals surface area (Å²) in [5.74, 6) is -1.91. The minimum absolute atomic E-state index is 0.397. The first kappa shape index (κ1) is 10.2. The largest absolute Gasteiger partial charge is 0.428 e. The molecule has 0 spiro atoms. The Hall–Kier alpha value is -1.35. The van der Waals surface area contributed by atoms with E-state index in [0.29, 0.717) is 5.56 Å². The number of carbonyl (C=O) groups is 1. The number of rotatable bonds is 0. The van der Waals surface area contributed by atoms with Crippen LogP contribution >= 0.6 is 0 Å². The fourth-order valence-electron chi connectivity index (χ4n) is 1.91. The fraction of sp³-hybridized carbons (Fsp3) is 0.417. The van der Waals surface area contributed by atoms with Crippen LogP contribution in [0.1, 0.15) is 31.9 Å². The number of hydrogen-bond acceptors (Lipinski definition) is 3. The van der Waals surface area contributed by atoms with Gasteiger partial charge in [0, 0.05) is 12.5 Å². The zero-order valence-corrected chi connectivity index (χ0v) is 9.07. The second kappa shape index (κ2) is 2.83. The summed E-state index contributed by atoms with van der Waals surface area (Å²) in [6, 6.07) is 7.31. The van der Waals surface area contributed by atoms with Crippen LogP contribution in [0.5, 0.6) is 0 Å². The Morgan fingerprint density at radius 1 is 1.13 bits per heavy atom. The topological polar surface area (TPSA) is 46.5 Å². The molecule has 0 aromatic heterocycles. The molecule has 80 valence electrons. The highest BCUT2D eigenvalue weighted by molar-refractivity contribution is 5.84. The van der Waals surface area contributed by atoms with E-state index < -0.39 is 17.2 Å². The lowest BCUT2D eigenvalue weighted by molar-refractivity contribution is -0.218. The monoisotopic (exact) mass is 206 g/mol. The van der Waals surface area contributed by atoms with Crippen molar-refractivity contribution in [3.63, 3.8) is 0 Å². The standard InChI is InChI=1S/C12H14O3/c1-11(2)8-6-4-5-7-9(8)12(3,14)15-10(11)13/h4-7,14H,1-3H3. The number of benzene rings is 1. The van der Waals surface area contributed by atoms with Gasteiger partial charge in [0.15, 0.2) is 0 Å². The van der Waals surface area contributed by atoms with E-state index in [-0.39, 0.29) is 0 Å². The Balaban J connectivity index is 2.70. The molecule has 0 saturated heterocycles. The molecule has 1 aromatic carbocycles. The number of hydrogen-bond donors (Lipinski definition) is 1. The third-order valence-corrected chi connectivity index (χ3v) is 2.90. The zero-order chi connectivity index (χ0) is 11.3. The maximum Gasteiger partial charge on any atom is 0.318 e. The van der Waals surface area contributed by atoms with Crippen LogP contribution in [0.3, 0.4) is 0 Å². The van der Waals surface area contributed by atoms with Crippen molar-refractivity contribution in [3.8, 4) is 0 Å². The van der Waals surface area contributed by atoms with Crippen molar-refractivity contribution in [1.29, 1.82) is 0 Å². The predicted octanol–water partition coefficient (Wildman–Crippen LogP) is 1.69. The van der Waals surface area contributed by atoms with Gasteiger partial charge in [-0.3, -0.25) is 4.79 Å². The Morgan fingerprint density at radius 3 is 2.27 bits per heavy atom. The SMILES string of the molecule is CC1(O)OC(=O)C(C)(C)c2ccccc21. The molecule has 0 amide bonds. The van der Waals surface area contributed by atoms with E-state index >= 15 is 0 Å². The van der Waals surface area contributed by atoms with Gasteiger partial charge in [-0.25, -0.2) is 0 Å². The van der Waals surface area contributed by atoms with Crippen LogP contribution < -0.4 is 0 Å². The third-order valence-electron chi connectivity index (χ3n) is 2.90. The molecular formula is C12H14O3. The van der Waals surface area contributed by atoms with E-state index in [1.165, 1.54) is 6.92 Å². The summed E-state index contributed by atoms with van der Waals surface area (Å²) < 4.78 is 5.03. The van der Waals surface area contributed by atoms with E-state index in [1.807, 2.05) is 18.2 Å². The van der Waals surface area contributed by atoms with Gasteiger partial charge in [-0.05, 0) is 19.4 Å². The van der Waals surface area contributed by atoms with Crippen molar-refractivity contribution < 1.29 is 14.6 Å². The number of cyclic esters (lactones) is 1. The minimum Gasteiger partial charge on any atom is -0.428 e. The fourth-order valence-corrected chi connectivity index (χ4v) is 1.91. The van der Waals surface area contributed by atoms with Crippen LogP contribution in [0, 0.1) is 0 Å². The highest BCUT2D eigenvalue weighted by Crippen LogP contribution is 2.40. The summed E-state index contributed by atoms with van der Waals surface area (Å²) in [6.45, 7) is 5.08. The molecule has 1 aliphatic heterocycles. The summed E-state index contributed by atoms with van der Waals surface area (Å²) >= 11 is 0. The second-order valence-electron chi connectivity index (χ2n) is 4.54. The van der Waals surface area contributed by atoms with Gasteiger partial charge in [0.05, 0.1) is 5.41 Å². The molecule has 0 bridgehead atoms. The first-order valence-corrected chi connectivity index (χ1v) is 4.91. The molecule has 0 saturated carbocycles. The smallest absolute Gasteiger partial charge is 0.318 e. The lowest BCUT2D eigenvalue weighted by Crippen LogP contribution is -2.45. The average molecular weight is 206 g/mol. The van der Waals surface area contributed by atoms with E-state index in [9.17, 15) is 9.90 Å². The molecule has 1 heterocycles. The maximum atomic E-state index is 11.7. The highest BCUT2D eigenvalue weighted by Gasteiger charge is 2.46. The van der Waals surface area contributed by atoms with E-state index in [4.69, 9.17) is 4.74 Å². The Bertz CT molecular complexity index is 419. The van der Waals surface area contributed by atoms with Crippen LogP contribution in [0.15, 0.2) is 24.3 Å². The van der Waals surface area contributed by atoms with Crippen molar-refractivity contribution in [2.75, 3.05) is 0 Å². The lowest BCUT2D eigenvalue weighted by atomic mass is 9.78. The Labute approximate surface area is 88.7 Å². The molecule has 3 heteroatoms. The summed E-state index contributed by atoms with van der Waals surface area (Å²) in [5.41, 5.74) is 0.791. The molecule has 0 aliphatic carbocycles. The van der Waals surface area contributed by atoms with E-state index in [0.717, 1.165) is 5.56 Å². The van der Waals surface area contributed by atoms with Crippen LogP contribution in [0.4, 0.5) is 0 Å². The molecule has 0 radical (unpaired) electrons. The van der Waals surface area contributed by atoms with Crippen molar-refractivity contribution in [1.82, 2.24) is 0 Å². The number of ether oxygens (including phenoxy) is 1. The lowest BCUT2D eigenvalue weighted by Gasteiger charge is -2.38. The number of esters is 1. The van der Waals surface area contributed by atoms with Crippen molar-refractivity contribution in [2.24, 2.45) is 0 Å². The highest BCUT2D eigenvalue weighted by atomic mass is 16.7. The van der Waals surface area contributed by atoms with Gasteiger partial charge in [-0.2, -0.15) is 0 Å². The van der Waals surface area contributed by atoms with Gasteiger partial charge in [0.1, 0.15) is 0 Å². The predicted molar refractivity (Wildman–Crippen MR) is 55.1 cm³/mol. The summed E-state index contributed by atoms with van der Waals surface area (Å²) in [6.07, 6.45) is 0. The number of aliphatic hydroxyl groups is 1. The molecule has 1 aliphatic rings. The molecular weight excluding hydrogens is 192 g/mol. The van der Waals surface area contributed by atoms with Crippen LogP contribution in [-0.4, -0.2) is 11.1 Å². The first-order valence-electron chi connectivity index (χ1n) is 4.91. The minimum atomic E-state index is -1.51. The van der Waals surface area contributed by atoms with Crippen LogP contribution in [-0.2, 0) is 20.7 Å². The van der Waals surface area contributed by atoms with Gasteiger partial charge in [0.25, 0.3) is 0 Å². The zero-order valence-electron chi connectivity index (χ0n) is 9.07. The normalized spacial score (nSPS) is 28.1. The Kier molecular flexibility index (Phi) is 1.92. The van der Waals surface area contributed by atoms with Gasteiger partial charge in [0.2, 0.25) is 5.79 Å². The van der Waals surface area contributed by atoms with E-state index in [1.54, 1.807) is 19.9 Å². The van der Waals surface area contributed by atoms with Crippen LogP contribution in [0.2, 0.25) is 0 Å². The first-order chi connectivity index (χ1) is 6.86. The van der Waals surface area contributed by atoms with Crippen LogP contribution in [0.25, 0.3) is 0 Å². The molecule has 0 fully saturated rings. The average Bonchev–Trinajstić information content (AvgIpc) is 2.15. The second-order valence-corrected chi connectivity index (χ2v) is 4.54. The van der Waals surface area contributed by atoms with Gasteiger partial charge in [-0.1, -0.05) is 24.3 Å². The van der Waals surface area contributed by atoms with Crippen molar-refractivity contribution >= 4 is 5.97 Å². The number of carbonyl (C=O) groups excluding carboxylic acids is 1. The molecule has 3 nitrogen and oxygen atoms in total. The van der Waals surface area contributed by atoms with Gasteiger partial charge >= 0.3 is 5.97 Å². The molecule has 1 N–H and O–H groups in total. The maximum absolute atomic E-state index is 11.7. The van der Waals surface area contributed by atoms with E-state index in [2.05, 4.69) is 0 Å². The summed E-state index contributed by atoms with van der Waals surface area (Å²) in [4.78, 5) is 11.7.